The Kier molecular flexibility index (Phi) is 8.90. The molecule has 0 rings (SSSR count). The molecule has 2 nitrogen and oxygen atoms in total. The number of carboxylic acid groups (broad SMARTS) is 1. The van der Waals surface area contributed by atoms with Crippen molar-refractivity contribution < 1.29 is 120 Å². The van der Waals surface area contributed by atoms with Gasteiger partial charge >= 0.3 is 71.4 Å². The Labute approximate surface area is 204 Å². The fourth-order valence-corrected chi connectivity index (χ4v) is 2.12. The Balaban J connectivity index is 7.40. The highest BCUT2D eigenvalue weighted by Crippen LogP contribution is 2.67. The van der Waals surface area contributed by atoms with E-state index in [0.717, 1.165) is 0 Å². The molecule has 0 bridgehead atoms. The number of allylic oxidation sites excluding steroid dienone is 1. The average molecular weight is 676 g/mol. The Hall–Kier alpha value is -2.54. The highest BCUT2D eigenvalue weighted by Gasteiger charge is 2.99. The number of carboxylic acids is 1. The van der Waals surface area contributed by atoms with Gasteiger partial charge in [-0.25, -0.2) is 9.18 Å². The van der Waals surface area contributed by atoms with Crippen LogP contribution in [0.15, 0.2) is 11.7 Å². The molecule has 0 heterocycles. The molecule has 0 saturated heterocycles. The first-order valence-electron chi connectivity index (χ1n) is 8.40. The maximum atomic E-state index is 13.5. The van der Waals surface area contributed by atoms with Gasteiger partial charge < -0.3 is 5.11 Å². The van der Waals surface area contributed by atoms with E-state index in [-0.39, 0.29) is 0 Å². The molecule has 0 unspecified atom stereocenters. The van der Waals surface area contributed by atoms with Crippen molar-refractivity contribution in [2.45, 2.75) is 65.4 Å². The monoisotopic (exact) mass is 676 g/mol. The van der Waals surface area contributed by atoms with Gasteiger partial charge in [-0.05, 0) is 0 Å². The Morgan fingerprint density at radius 2 is 0.561 bits per heavy atom. The van der Waals surface area contributed by atoms with Crippen LogP contribution in [0.1, 0.15) is 0 Å². The molecule has 0 saturated carbocycles. The molecule has 0 aromatic heterocycles. The van der Waals surface area contributed by atoms with E-state index in [2.05, 4.69) is 0 Å². The zero-order valence-corrected chi connectivity index (χ0v) is 17.3. The number of alkyl halides is 23. The second-order valence-corrected chi connectivity index (χ2v) is 7.17. The molecule has 27 heteroatoms. The van der Waals surface area contributed by atoms with Gasteiger partial charge in [0.1, 0.15) is 0 Å². The molecular formula is C14HF25O2. The Bertz CT molecular complexity index is 1050. The molecule has 0 aliphatic rings. The summed E-state index contributed by atoms with van der Waals surface area (Å²) in [6.45, 7) is 0. The summed E-state index contributed by atoms with van der Waals surface area (Å²) >= 11 is 0. The van der Waals surface area contributed by atoms with Gasteiger partial charge in [-0.1, -0.05) is 0 Å². The minimum atomic E-state index is -9.65. The fourth-order valence-electron chi connectivity index (χ4n) is 2.12. The van der Waals surface area contributed by atoms with Crippen molar-refractivity contribution in [1.82, 2.24) is 0 Å². The number of carbonyl (C=O) groups is 1. The molecule has 41 heavy (non-hydrogen) atoms. The average Bonchev–Trinajstić information content (AvgIpc) is 2.75. The van der Waals surface area contributed by atoms with Crippen molar-refractivity contribution in [3.8, 4) is 0 Å². The smallest absolute Gasteiger partial charge is 0.460 e. The van der Waals surface area contributed by atoms with E-state index in [4.69, 9.17) is 5.11 Å². The van der Waals surface area contributed by atoms with Crippen LogP contribution in [0.25, 0.3) is 0 Å². The number of halogens is 25. The molecule has 0 aromatic rings. The van der Waals surface area contributed by atoms with Crippen molar-refractivity contribution in [3.63, 3.8) is 0 Å². The largest absolute Gasteiger partial charge is 0.476 e. The van der Waals surface area contributed by atoms with Gasteiger partial charge in [0, 0.05) is 0 Å². The molecule has 244 valence electrons. The number of hydrogen-bond acceptors (Lipinski definition) is 1. The lowest BCUT2D eigenvalue weighted by Gasteiger charge is -2.45. The summed E-state index contributed by atoms with van der Waals surface area (Å²) in [6.07, 6.45) is -8.19. The van der Waals surface area contributed by atoms with Crippen LogP contribution in [0.3, 0.4) is 0 Å². The molecule has 1 N–H and O–H groups in total. The molecule has 0 radical (unpaired) electrons. The van der Waals surface area contributed by atoms with E-state index >= 15 is 0 Å². The molecule has 0 atom stereocenters. The Morgan fingerprint density at radius 3 is 0.756 bits per heavy atom. The number of aliphatic carboxylic acids is 1. The Morgan fingerprint density at radius 1 is 0.366 bits per heavy atom. The highest BCUT2D eigenvalue weighted by atomic mass is 19.4. The third-order valence-electron chi connectivity index (χ3n) is 4.56. The minimum Gasteiger partial charge on any atom is -0.476 e. The zero-order chi connectivity index (χ0) is 34.2. The van der Waals surface area contributed by atoms with Crippen LogP contribution >= 0.6 is 0 Å². The van der Waals surface area contributed by atoms with E-state index in [9.17, 15) is 115 Å². The third-order valence-corrected chi connectivity index (χ3v) is 4.56. The number of rotatable bonds is 11. The van der Waals surface area contributed by atoms with E-state index in [1.54, 1.807) is 0 Å². The summed E-state index contributed by atoms with van der Waals surface area (Å²) in [4.78, 5) is 9.92. The van der Waals surface area contributed by atoms with Crippen molar-refractivity contribution in [3.05, 3.63) is 11.7 Å². The first-order chi connectivity index (χ1) is 17.3. The second-order valence-electron chi connectivity index (χ2n) is 7.17. The molecule has 0 aliphatic carbocycles. The topological polar surface area (TPSA) is 37.3 Å². The van der Waals surface area contributed by atoms with Gasteiger partial charge in [0.15, 0.2) is 0 Å². The van der Waals surface area contributed by atoms with Gasteiger partial charge in [0.2, 0.25) is 11.7 Å². The summed E-state index contributed by atoms with van der Waals surface area (Å²) in [5.41, 5.74) is 0. The number of hydrogen-bond donors (Lipinski definition) is 1. The third kappa shape index (κ3) is 4.58. The van der Waals surface area contributed by atoms with Gasteiger partial charge in [-0.15, -0.1) is 0 Å². The van der Waals surface area contributed by atoms with Crippen molar-refractivity contribution in [2.75, 3.05) is 0 Å². The quantitative estimate of drug-likeness (QED) is 0.177. The summed E-state index contributed by atoms with van der Waals surface area (Å²) < 4.78 is 327. The van der Waals surface area contributed by atoms with E-state index in [0.29, 0.717) is 0 Å². The van der Waals surface area contributed by atoms with Crippen LogP contribution in [0, 0.1) is 0 Å². The van der Waals surface area contributed by atoms with Crippen LogP contribution < -0.4 is 0 Å². The predicted octanol–water partition coefficient (Wildman–Crippen LogP) is 8.14. The first kappa shape index (κ1) is 38.5. The second kappa shape index (κ2) is 9.48. The summed E-state index contributed by atoms with van der Waals surface area (Å²) in [7, 11) is 0. The van der Waals surface area contributed by atoms with Crippen LogP contribution in [0.4, 0.5) is 110 Å². The lowest BCUT2D eigenvalue weighted by molar-refractivity contribution is -0.478. The van der Waals surface area contributed by atoms with E-state index in [1.165, 1.54) is 0 Å². The van der Waals surface area contributed by atoms with E-state index < -0.39 is 83.0 Å². The molecule has 0 amide bonds. The zero-order valence-electron chi connectivity index (χ0n) is 17.3. The standard InChI is InChI=1S/C14HF25O2/c15-1(3(40)41)2(16)4(17,18)5(19,20)6(21,22)7(23,24)8(25,26)9(27,28)10(29,30)11(31,32)12(33,34)13(35,36)14(37,38)39/h(H,40,41)/b2-1+. The summed E-state index contributed by atoms with van der Waals surface area (Å²) in [5, 5.41) is 7.77. The molecule has 0 fully saturated rings. The molecule has 0 aromatic carbocycles. The van der Waals surface area contributed by atoms with Crippen molar-refractivity contribution in [2.24, 2.45) is 0 Å². The van der Waals surface area contributed by atoms with Crippen LogP contribution in [-0.4, -0.2) is 76.5 Å². The van der Waals surface area contributed by atoms with Gasteiger partial charge in [0.25, 0.3) is 0 Å². The van der Waals surface area contributed by atoms with E-state index in [1.807, 2.05) is 0 Å². The summed E-state index contributed by atoms with van der Waals surface area (Å²) in [6, 6.07) is 0. The van der Waals surface area contributed by atoms with Gasteiger partial charge in [-0.2, -0.15) is 105 Å². The minimum absolute atomic E-state index is 3.77. The SMILES string of the molecule is O=C(O)/C(F)=C(\F)C(F)(F)C(F)(F)C(F)(F)C(F)(F)C(F)(F)C(F)(F)C(F)(F)C(F)(F)C(F)(F)C(F)(F)C(F)(F)F. The van der Waals surface area contributed by atoms with Crippen LogP contribution in [0.5, 0.6) is 0 Å². The lowest BCUT2D eigenvalue weighted by atomic mass is 9.85. The first-order valence-corrected chi connectivity index (χ1v) is 8.40. The summed E-state index contributed by atoms with van der Waals surface area (Å²) in [5.74, 6) is -105. The van der Waals surface area contributed by atoms with Gasteiger partial charge in [-0.3, -0.25) is 0 Å². The van der Waals surface area contributed by atoms with Crippen molar-refractivity contribution in [1.29, 1.82) is 0 Å². The maximum Gasteiger partial charge on any atom is 0.460 e. The lowest BCUT2D eigenvalue weighted by Crippen LogP contribution is -2.77. The fraction of sp³-hybridized carbons (Fsp3) is 0.786. The maximum absolute atomic E-state index is 13.5. The highest BCUT2D eigenvalue weighted by molar-refractivity contribution is 5.84. The van der Waals surface area contributed by atoms with Gasteiger partial charge in [0.05, 0.1) is 0 Å². The van der Waals surface area contributed by atoms with Crippen LogP contribution in [-0.2, 0) is 4.79 Å². The van der Waals surface area contributed by atoms with Crippen LogP contribution in [0.2, 0.25) is 0 Å². The normalized spacial score (nSPS) is 17.0. The van der Waals surface area contributed by atoms with Crippen molar-refractivity contribution >= 4 is 5.97 Å². The predicted molar refractivity (Wildman–Crippen MR) is 72.4 cm³/mol. The molecular weight excluding hydrogens is 675 g/mol. The molecule has 0 aliphatic heterocycles. The molecule has 0 spiro atoms.